The van der Waals surface area contributed by atoms with Crippen molar-refractivity contribution in [3.8, 4) is 5.75 Å². The van der Waals surface area contributed by atoms with E-state index in [0.29, 0.717) is 12.5 Å². The van der Waals surface area contributed by atoms with Gasteiger partial charge in [0.2, 0.25) is 0 Å². The lowest BCUT2D eigenvalue weighted by molar-refractivity contribution is 0.340. The summed E-state index contributed by atoms with van der Waals surface area (Å²) in [4.78, 5) is 4.27. The molecule has 0 unspecified atom stereocenters. The minimum absolute atomic E-state index is 0.690. The molecule has 1 aromatic carbocycles. The van der Waals surface area contributed by atoms with Crippen molar-refractivity contribution in [2.45, 2.75) is 40.2 Å². The van der Waals surface area contributed by atoms with Crippen molar-refractivity contribution in [1.82, 2.24) is 10.6 Å². The van der Waals surface area contributed by atoms with Gasteiger partial charge in [0.15, 0.2) is 5.96 Å². The zero-order valence-corrected chi connectivity index (χ0v) is 13.8. The van der Waals surface area contributed by atoms with E-state index in [4.69, 9.17) is 4.74 Å². The highest BCUT2D eigenvalue weighted by molar-refractivity contribution is 5.79. The summed E-state index contributed by atoms with van der Waals surface area (Å²) in [5.41, 5.74) is 1.19. The maximum absolute atomic E-state index is 5.51. The van der Waals surface area contributed by atoms with E-state index in [-0.39, 0.29) is 0 Å². The number of ether oxygens (including phenoxy) is 1. The summed E-state index contributed by atoms with van der Waals surface area (Å²) >= 11 is 0. The second-order valence-corrected chi connectivity index (χ2v) is 5.07. The molecule has 0 aliphatic carbocycles. The van der Waals surface area contributed by atoms with Crippen LogP contribution in [0.2, 0.25) is 0 Å². The molecule has 0 bridgehead atoms. The smallest absolute Gasteiger partial charge is 0.191 e. The number of hydrogen-bond donors (Lipinski definition) is 2. The molecule has 0 fully saturated rings. The van der Waals surface area contributed by atoms with Crippen LogP contribution in [0.25, 0.3) is 0 Å². The van der Waals surface area contributed by atoms with E-state index in [2.05, 4.69) is 41.6 Å². The third kappa shape index (κ3) is 6.52. The van der Waals surface area contributed by atoms with E-state index in [1.54, 1.807) is 7.05 Å². The normalized spacial score (nSPS) is 11.6. The molecule has 0 aliphatic heterocycles. The molecule has 4 heteroatoms. The standard InChI is InChI=1S/C17H29N3O/c1-5-14(6-2)12-19-17(18-4)20-13-15-9-8-10-16(11-15)21-7-3/h8-11,14H,5-7,12-13H2,1-4H3,(H2,18,19,20). The molecule has 0 saturated carbocycles. The first-order valence-corrected chi connectivity index (χ1v) is 7.89. The summed E-state index contributed by atoms with van der Waals surface area (Å²) in [7, 11) is 1.80. The molecular formula is C17H29N3O. The minimum atomic E-state index is 0.690. The molecule has 1 aromatic rings. The quantitative estimate of drug-likeness (QED) is 0.571. The van der Waals surface area contributed by atoms with Gasteiger partial charge in [-0.3, -0.25) is 4.99 Å². The third-order valence-electron chi connectivity index (χ3n) is 3.61. The SMILES string of the molecule is CCOc1cccc(CNC(=NC)NCC(CC)CC)c1. The zero-order valence-electron chi connectivity index (χ0n) is 13.8. The zero-order chi connectivity index (χ0) is 15.5. The highest BCUT2D eigenvalue weighted by Gasteiger charge is 2.05. The van der Waals surface area contributed by atoms with Gasteiger partial charge in [0.25, 0.3) is 0 Å². The van der Waals surface area contributed by atoms with Gasteiger partial charge in [0, 0.05) is 20.1 Å². The lowest BCUT2D eigenvalue weighted by atomic mass is 10.0. The Labute approximate surface area is 129 Å². The van der Waals surface area contributed by atoms with E-state index >= 15 is 0 Å². The summed E-state index contributed by atoms with van der Waals surface area (Å²) in [6, 6.07) is 8.14. The first kappa shape index (κ1) is 17.3. The average Bonchev–Trinajstić information content (AvgIpc) is 2.52. The molecule has 21 heavy (non-hydrogen) atoms. The van der Waals surface area contributed by atoms with Crippen molar-refractivity contribution in [1.29, 1.82) is 0 Å². The Morgan fingerprint density at radius 1 is 1.19 bits per heavy atom. The van der Waals surface area contributed by atoms with Gasteiger partial charge in [0.05, 0.1) is 6.61 Å². The molecule has 0 aliphatic rings. The van der Waals surface area contributed by atoms with Gasteiger partial charge in [-0.05, 0) is 30.5 Å². The predicted molar refractivity (Wildman–Crippen MR) is 89.9 cm³/mol. The molecule has 0 heterocycles. The van der Waals surface area contributed by atoms with Crippen LogP contribution in [0, 0.1) is 5.92 Å². The fourth-order valence-electron chi connectivity index (χ4n) is 2.14. The maximum atomic E-state index is 5.51. The Morgan fingerprint density at radius 3 is 2.57 bits per heavy atom. The van der Waals surface area contributed by atoms with Crippen LogP contribution in [0.4, 0.5) is 0 Å². The van der Waals surface area contributed by atoms with Crippen molar-refractivity contribution in [3.05, 3.63) is 29.8 Å². The van der Waals surface area contributed by atoms with E-state index in [1.807, 2.05) is 19.1 Å². The average molecular weight is 291 g/mol. The topological polar surface area (TPSA) is 45.6 Å². The molecule has 0 atom stereocenters. The third-order valence-corrected chi connectivity index (χ3v) is 3.61. The van der Waals surface area contributed by atoms with E-state index in [1.165, 1.54) is 18.4 Å². The van der Waals surface area contributed by atoms with Gasteiger partial charge in [-0.25, -0.2) is 0 Å². The van der Waals surface area contributed by atoms with Gasteiger partial charge >= 0.3 is 0 Å². The van der Waals surface area contributed by atoms with Gasteiger partial charge in [-0.1, -0.05) is 38.8 Å². The molecular weight excluding hydrogens is 262 g/mol. The molecule has 4 nitrogen and oxygen atoms in total. The van der Waals surface area contributed by atoms with Crippen molar-refractivity contribution in [2.75, 3.05) is 20.2 Å². The highest BCUT2D eigenvalue weighted by Crippen LogP contribution is 2.13. The molecule has 118 valence electrons. The molecule has 0 saturated heterocycles. The number of nitrogens with one attached hydrogen (secondary N) is 2. The number of guanidine groups is 1. The van der Waals surface area contributed by atoms with Crippen LogP contribution in [0.5, 0.6) is 5.75 Å². The Kier molecular flexibility index (Phi) is 8.32. The van der Waals surface area contributed by atoms with Crippen molar-refractivity contribution >= 4 is 5.96 Å². The molecule has 0 spiro atoms. The van der Waals surface area contributed by atoms with Gasteiger partial charge in [-0.15, -0.1) is 0 Å². The lowest BCUT2D eigenvalue weighted by Crippen LogP contribution is -2.39. The summed E-state index contributed by atoms with van der Waals surface area (Å²) in [6.45, 7) is 8.84. The van der Waals surface area contributed by atoms with Gasteiger partial charge in [0.1, 0.15) is 5.75 Å². The number of benzene rings is 1. The van der Waals surface area contributed by atoms with E-state index in [0.717, 1.165) is 24.8 Å². The summed E-state index contributed by atoms with van der Waals surface area (Å²) in [6.07, 6.45) is 2.38. The fourth-order valence-corrected chi connectivity index (χ4v) is 2.14. The Morgan fingerprint density at radius 2 is 1.95 bits per heavy atom. The minimum Gasteiger partial charge on any atom is -0.494 e. The summed E-state index contributed by atoms with van der Waals surface area (Å²) in [5, 5.41) is 6.73. The van der Waals surface area contributed by atoms with Gasteiger partial charge < -0.3 is 15.4 Å². The number of nitrogens with zero attached hydrogens (tertiary/aromatic N) is 1. The first-order chi connectivity index (χ1) is 10.2. The maximum Gasteiger partial charge on any atom is 0.191 e. The van der Waals surface area contributed by atoms with Gasteiger partial charge in [-0.2, -0.15) is 0 Å². The Hall–Kier alpha value is -1.71. The second-order valence-electron chi connectivity index (χ2n) is 5.07. The highest BCUT2D eigenvalue weighted by atomic mass is 16.5. The molecule has 0 radical (unpaired) electrons. The van der Waals surface area contributed by atoms with Crippen LogP contribution in [0.1, 0.15) is 39.2 Å². The van der Waals surface area contributed by atoms with E-state index < -0.39 is 0 Å². The monoisotopic (exact) mass is 291 g/mol. The van der Waals surface area contributed by atoms with E-state index in [9.17, 15) is 0 Å². The lowest BCUT2D eigenvalue weighted by Gasteiger charge is -2.17. The Bertz CT molecular complexity index is 428. The number of rotatable bonds is 8. The van der Waals surface area contributed by atoms with Crippen LogP contribution < -0.4 is 15.4 Å². The van der Waals surface area contributed by atoms with Crippen LogP contribution >= 0.6 is 0 Å². The van der Waals surface area contributed by atoms with Crippen LogP contribution in [0.15, 0.2) is 29.3 Å². The van der Waals surface area contributed by atoms with Crippen LogP contribution in [-0.2, 0) is 6.54 Å². The molecule has 2 N–H and O–H groups in total. The van der Waals surface area contributed by atoms with Crippen molar-refractivity contribution in [3.63, 3.8) is 0 Å². The second kappa shape index (κ2) is 10.1. The van der Waals surface area contributed by atoms with Crippen LogP contribution in [0.3, 0.4) is 0 Å². The summed E-state index contributed by atoms with van der Waals surface area (Å²) < 4.78 is 5.51. The first-order valence-electron chi connectivity index (χ1n) is 7.89. The predicted octanol–water partition coefficient (Wildman–Crippen LogP) is 3.19. The fraction of sp³-hybridized carbons (Fsp3) is 0.588. The number of hydrogen-bond acceptors (Lipinski definition) is 2. The van der Waals surface area contributed by atoms with Crippen molar-refractivity contribution < 1.29 is 4.74 Å². The largest absolute Gasteiger partial charge is 0.494 e. The Balaban J connectivity index is 2.46. The molecule has 1 rings (SSSR count). The summed E-state index contributed by atoms with van der Waals surface area (Å²) in [5.74, 6) is 2.46. The van der Waals surface area contributed by atoms with Crippen LogP contribution in [-0.4, -0.2) is 26.2 Å². The number of aliphatic imine (C=N–C) groups is 1. The van der Waals surface area contributed by atoms with Crippen molar-refractivity contribution in [2.24, 2.45) is 10.9 Å². The molecule has 0 aromatic heterocycles. The molecule has 0 amide bonds.